The van der Waals surface area contributed by atoms with Gasteiger partial charge in [0, 0.05) is 10.0 Å². The van der Waals surface area contributed by atoms with Gasteiger partial charge in [0.2, 0.25) is 5.91 Å². The highest BCUT2D eigenvalue weighted by atomic mass is 79.9. The van der Waals surface area contributed by atoms with Gasteiger partial charge >= 0.3 is 6.18 Å². The summed E-state index contributed by atoms with van der Waals surface area (Å²) < 4.78 is 43.5. The first kappa shape index (κ1) is 24.7. The lowest BCUT2D eigenvalue weighted by molar-refractivity contribution is -0.155. The van der Waals surface area contributed by atoms with Gasteiger partial charge in [0.05, 0.1) is 24.2 Å². The van der Waals surface area contributed by atoms with Crippen LogP contribution in [0.4, 0.5) is 13.2 Å². The van der Waals surface area contributed by atoms with Crippen LogP contribution >= 0.6 is 15.9 Å². The van der Waals surface area contributed by atoms with Crippen LogP contribution in [-0.2, 0) is 23.3 Å². The van der Waals surface area contributed by atoms with Gasteiger partial charge in [-0.05, 0) is 40.8 Å². The lowest BCUT2D eigenvalue weighted by Gasteiger charge is -2.24. The maximum Gasteiger partial charge on any atom is 0.412 e. The van der Waals surface area contributed by atoms with E-state index in [2.05, 4.69) is 31.4 Å². The Morgan fingerprint density at radius 2 is 1.71 bits per heavy atom. The number of aromatic nitrogens is 2. The Morgan fingerprint density at radius 1 is 1.00 bits per heavy atom. The highest BCUT2D eigenvalue weighted by Crippen LogP contribution is 2.52. The minimum atomic E-state index is -4.73. The Morgan fingerprint density at radius 3 is 2.45 bits per heavy atom. The van der Waals surface area contributed by atoms with Gasteiger partial charge in [0.25, 0.3) is 5.91 Å². The molecule has 1 aliphatic heterocycles. The van der Waals surface area contributed by atoms with Crippen molar-refractivity contribution in [3.8, 4) is 0 Å². The molecule has 10 heteroatoms. The van der Waals surface area contributed by atoms with Crippen molar-refractivity contribution in [2.45, 2.75) is 43.6 Å². The molecule has 2 amide bonds. The number of carbonyl (C=O) groups excluding carboxylic acids is 2. The lowest BCUT2D eigenvalue weighted by atomic mass is 9.94. The molecule has 194 valence electrons. The third-order valence-corrected chi connectivity index (χ3v) is 8.13. The summed E-state index contributed by atoms with van der Waals surface area (Å²) in [6.07, 6.45) is -3.31. The number of rotatable bonds is 5. The van der Waals surface area contributed by atoms with Gasteiger partial charge in [-0.15, -0.1) is 0 Å². The van der Waals surface area contributed by atoms with Crippen molar-refractivity contribution in [3.05, 3.63) is 99.3 Å². The zero-order valence-electron chi connectivity index (χ0n) is 20.0. The number of H-pyrrole nitrogens is 1. The molecule has 1 fully saturated rings. The fourth-order valence-electron chi connectivity index (χ4n) is 5.38. The van der Waals surface area contributed by atoms with Crippen LogP contribution < -0.4 is 5.32 Å². The van der Waals surface area contributed by atoms with Crippen LogP contribution in [0.15, 0.2) is 71.2 Å². The molecule has 4 aromatic rings. The molecule has 38 heavy (non-hydrogen) atoms. The maximum absolute atomic E-state index is 14.2. The molecular weight excluding hydrogens is 561 g/mol. The number of nitrogens with zero attached hydrogens (tertiary/aromatic N) is 2. The monoisotopic (exact) mass is 582 g/mol. The average molecular weight is 583 g/mol. The molecule has 2 heterocycles. The van der Waals surface area contributed by atoms with Gasteiger partial charge < -0.3 is 10.2 Å². The van der Waals surface area contributed by atoms with E-state index in [0.717, 1.165) is 10.0 Å². The van der Waals surface area contributed by atoms with E-state index in [0.29, 0.717) is 34.9 Å². The molecular formula is C28H22BrF3N4O2. The van der Waals surface area contributed by atoms with Gasteiger partial charge in [-0.2, -0.15) is 18.3 Å². The quantitative estimate of drug-likeness (QED) is 0.306. The van der Waals surface area contributed by atoms with Crippen LogP contribution in [0.5, 0.6) is 0 Å². The van der Waals surface area contributed by atoms with Gasteiger partial charge in [0.1, 0.15) is 0 Å². The number of halogens is 4. The van der Waals surface area contributed by atoms with E-state index >= 15 is 0 Å². The number of hydrogen-bond acceptors (Lipinski definition) is 3. The smallest absolute Gasteiger partial charge is 0.335 e. The van der Waals surface area contributed by atoms with Crippen LogP contribution in [0.1, 0.15) is 51.8 Å². The number of fused-ring (bicyclic) bond motifs is 2. The molecule has 2 N–H and O–H groups in total. The predicted octanol–water partition coefficient (Wildman–Crippen LogP) is 5.93. The van der Waals surface area contributed by atoms with Crippen LogP contribution in [-0.4, -0.2) is 33.1 Å². The normalized spacial score (nSPS) is 16.8. The van der Waals surface area contributed by atoms with Gasteiger partial charge in [-0.3, -0.25) is 14.7 Å². The van der Waals surface area contributed by atoms with Crippen LogP contribution in [0.2, 0.25) is 0 Å². The topological polar surface area (TPSA) is 78.1 Å². The SMILES string of the molecule is O=C(N[C@H](c1cccc2ccccc12)C(F)(F)F)c1n[nH]c2c1CN(C(=O)C1(c3ccccc3Br)CC1)C2. The second kappa shape index (κ2) is 8.97. The molecule has 0 saturated heterocycles. The summed E-state index contributed by atoms with van der Waals surface area (Å²) in [7, 11) is 0. The Labute approximate surface area is 224 Å². The fourth-order valence-corrected chi connectivity index (χ4v) is 6.05. The van der Waals surface area contributed by atoms with E-state index in [1.807, 2.05) is 24.3 Å². The van der Waals surface area contributed by atoms with E-state index in [9.17, 15) is 22.8 Å². The van der Waals surface area contributed by atoms with Crippen molar-refractivity contribution in [1.82, 2.24) is 20.4 Å². The van der Waals surface area contributed by atoms with E-state index in [-0.39, 0.29) is 30.3 Å². The third-order valence-electron chi connectivity index (χ3n) is 7.44. The van der Waals surface area contributed by atoms with Gasteiger partial charge in [-0.1, -0.05) is 76.6 Å². The van der Waals surface area contributed by atoms with Crippen molar-refractivity contribution < 1.29 is 22.8 Å². The Kier molecular flexibility index (Phi) is 5.82. The molecule has 1 atom stereocenters. The number of amides is 2. The standard InChI is InChI=1S/C28H22BrF3N4O2/c29-21-11-4-3-10-20(21)27(12-13-27)26(38)36-14-19-22(15-36)34-35-23(19)25(37)33-24(28(30,31)32)18-9-5-7-16-6-1-2-8-17(16)18/h1-11,24H,12-15H2,(H,33,37)(H,34,35)/t24-/m1/s1. The molecule has 2 aliphatic rings. The van der Waals surface area contributed by atoms with Gasteiger partial charge in [-0.25, -0.2) is 0 Å². The second-order valence-electron chi connectivity index (χ2n) is 9.77. The zero-order chi connectivity index (χ0) is 26.7. The summed E-state index contributed by atoms with van der Waals surface area (Å²) >= 11 is 3.54. The highest BCUT2D eigenvalue weighted by molar-refractivity contribution is 9.10. The number of benzene rings is 3. The molecule has 0 radical (unpaired) electrons. The number of alkyl halides is 3. The number of nitrogens with one attached hydrogen (secondary N) is 2. The summed E-state index contributed by atoms with van der Waals surface area (Å²) in [5, 5.41) is 9.99. The summed E-state index contributed by atoms with van der Waals surface area (Å²) in [5.74, 6) is -1.01. The van der Waals surface area contributed by atoms with Crippen molar-refractivity contribution in [2.75, 3.05) is 0 Å². The Bertz CT molecular complexity index is 1570. The predicted molar refractivity (Wildman–Crippen MR) is 138 cm³/mol. The van der Waals surface area contributed by atoms with E-state index < -0.39 is 23.5 Å². The summed E-state index contributed by atoms with van der Waals surface area (Å²) in [4.78, 5) is 28.4. The zero-order valence-corrected chi connectivity index (χ0v) is 21.6. The summed E-state index contributed by atoms with van der Waals surface area (Å²) in [5.41, 5.74) is 1.11. The minimum absolute atomic E-state index is 0.0444. The van der Waals surface area contributed by atoms with Crippen molar-refractivity contribution in [2.24, 2.45) is 0 Å². The molecule has 1 aromatic heterocycles. The number of carbonyl (C=O) groups is 2. The van der Waals surface area contributed by atoms with Crippen molar-refractivity contribution >= 4 is 38.5 Å². The van der Waals surface area contributed by atoms with Crippen LogP contribution in [0.3, 0.4) is 0 Å². The minimum Gasteiger partial charge on any atom is -0.335 e. The van der Waals surface area contributed by atoms with Crippen molar-refractivity contribution in [1.29, 1.82) is 0 Å². The first-order chi connectivity index (χ1) is 18.2. The number of hydrogen-bond donors (Lipinski definition) is 2. The Hall–Kier alpha value is -3.66. The van der Waals surface area contributed by atoms with E-state index in [1.54, 1.807) is 35.2 Å². The van der Waals surface area contributed by atoms with Crippen molar-refractivity contribution in [3.63, 3.8) is 0 Å². The van der Waals surface area contributed by atoms with Crippen LogP contribution in [0.25, 0.3) is 10.8 Å². The maximum atomic E-state index is 14.2. The molecule has 6 rings (SSSR count). The van der Waals surface area contributed by atoms with Crippen LogP contribution in [0, 0.1) is 0 Å². The average Bonchev–Trinajstić information content (AvgIpc) is 3.44. The molecule has 3 aromatic carbocycles. The second-order valence-corrected chi connectivity index (χ2v) is 10.6. The van der Waals surface area contributed by atoms with Gasteiger partial charge in [0.15, 0.2) is 11.7 Å². The van der Waals surface area contributed by atoms with E-state index in [4.69, 9.17) is 0 Å². The third kappa shape index (κ3) is 4.07. The number of aromatic amines is 1. The first-order valence-electron chi connectivity index (χ1n) is 12.1. The molecule has 1 saturated carbocycles. The molecule has 0 spiro atoms. The molecule has 1 aliphatic carbocycles. The summed E-state index contributed by atoms with van der Waals surface area (Å²) in [6, 6.07) is 16.7. The molecule has 0 bridgehead atoms. The molecule has 6 nitrogen and oxygen atoms in total. The highest BCUT2D eigenvalue weighted by Gasteiger charge is 2.55. The fraction of sp³-hybridized carbons (Fsp3) is 0.250. The Balaban J connectivity index is 1.25. The summed E-state index contributed by atoms with van der Waals surface area (Å²) in [6.45, 7) is 0.317. The largest absolute Gasteiger partial charge is 0.412 e. The van der Waals surface area contributed by atoms with E-state index in [1.165, 1.54) is 12.1 Å². The first-order valence-corrected chi connectivity index (χ1v) is 12.9. The lowest BCUT2D eigenvalue weighted by Crippen LogP contribution is -2.39. The molecule has 0 unspecified atom stereocenters.